The van der Waals surface area contributed by atoms with Crippen molar-refractivity contribution < 1.29 is 14.3 Å². The smallest absolute Gasteiger partial charge is 0.407 e. The standard InChI is InChI=1S/C23H28N2O3/c1-21(6-7-21)16-2-4-17(5-3-16)23-8-9-25(13-18(23)12-23)19(26)15-10-22(11-15)14-28-20(27)24-22/h2-5,15,18H,6-14H2,1H3,(H,24,27). The number of hydrogen-bond donors (Lipinski definition) is 1. The molecule has 2 amide bonds. The van der Waals surface area contributed by atoms with Crippen LogP contribution in [0.1, 0.15) is 56.6 Å². The van der Waals surface area contributed by atoms with Crippen molar-refractivity contribution in [3.05, 3.63) is 35.4 Å². The van der Waals surface area contributed by atoms with Crippen LogP contribution in [-0.2, 0) is 20.4 Å². The van der Waals surface area contributed by atoms with E-state index in [9.17, 15) is 9.59 Å². The summed E-state index contributed by atoms with van der Waals surface area (Å²) >= 11 is 0. The van der Waals surface area contributed by atoms with Crippen LogP contribution >= 0.6 is 0 Å². The van der Waals surface area contributed by atoms with E-state index in [1.165, 1.54) is 30.4 Å². The first-order valence-corrected chi connectivity index (χ1v) is 10.8. The Bertz CT molecular complexity index is 853. The molecule has 5 fully saturated rings. The molecule has 0 bridgehead atoms. The van der Waals surface area contributed by atoms with E-state index in [0.29, 0.717) is 23.4 Å². The van der Waals surface area contributed by atoms with E-state index in [1.54, 1.807) is 0 Å². The van der Waals surface area contributed by atoms with Crippen molar-refractivity contribution in [3.8, 4) is 0 Å². The van der Waals surface area contributed by atoms with Crippen molar-refractivity contribution in [2.75, 3.05) is 19.7 Å². The summed E-state index contributed by atoms with van der Waals surface area (Å²) in [5.41, 5.74) is 3.44. The lowest BCUT2D eigenvalue weighted by molar-refractivity contribution is -0.142. The Kier molecular flexibility index (Phi) is 3.20. The number of carbonyl (C=O) groups is 2. The van der Waals surface area contributed by atoms with Crippen LogP contribution in [0.5, 0.6) is 0 Å². The zero-order chi connectivity index (χ0) is 19.1. The predicted octanol–water partition coefficient (Wildman–Crippen LogP) is 3.12. The third-order valence-electron chi connectivity index (χ3n) is 8.44. The number of nitrogens with zero attached hydrogens (tertiary/aromatic N) is 1. The molecule has 1 N–H and O–H groups in total. The lowest BCUT2D eigenvalue weighted by Crippen LogP contribution is -2.58. The van der Waals surface area contributed by atoms with E-state index < -0.39 is 0 Å². The molecule has 0 aromatic heterocycles. The first-order chi connectivity index (χ1) is 13.4. The maximum absolute atomic E-state index is 12.9. The summed E-state index contributed by atoms with van der Waals surface area (Å²) in [6.45, 7) is 4.53. The van der Waals surface area contributed by atoms with Gasteiger partial charge in [-0.3, -0.25) is 4.79 Å². The summed E-state index contributed by atoms with van der Waals surface area (Å²) in [6, 6.07) is 9.40. The first kappa shape index (κ1) is 16.9. The van der Waals surface area contributed by atoms with Gasteiger partial charge in [0, 0.05) is 24.4 Å². The average molecular weight is 380 g/mol. The Hall–Kier alpha value is -2.04. The number of nitrogens with one attached hydrogen (secondary N) is 1. The molecule has 2 heterocycles. The van der Waals surface area contributed by atoms with Crippen molar-refractivity contribution in [2.24, 2.45) is 11.8 Å². The fourth-order valence-corrected chi connectivity index (χ4v) is 6.03. The van der Waals surface area contributed by atoms with Crippen molar-refractivity contribution in [1.29, 1.82) is 0 Å². The second-order valence-electron chi connectivity index (χ2n) is 10.3. The van der Waals surface area contributed by atoms with Gasteiger partial charge in [-0.15, -0.1) is 0 Å². The van der Waals surface area contributed by atoms with Crippen LogP contribution in [0, 0.1) is 11.8 Å². The first-order valence-electron chi connectivity index (χ1n) is 10.8. The van der Waals surface area contributed by atoms with Crippen molar-refractivity contribution >= 4 is 12.0 Å². The minimum absolute atomic E-state index is 0.0480. The molecule has 2 unspecified atom stereocenters. The Labute approximate surface area is 165 Å². The molecule has 2 saturated heterocycles. The van der Waals surface area contributed by atoms with Gasteiger partial charge in [0.05, 0.1) is 5.54 Å². The van der Waals surface area contributed by atoms with E-state index in [1.807, 2.05) is 0 Å². The molecular weight excluding hydrogens is 352 g/mol. The zero-order valence-corrected chi connectivity index (χ0v) is 16.5. The van der Waals surface area contributed by atoms with E-state index in [0.717, 1.165) is 32.4 Å². The highest BCUT2D eigenvalue weighted by atomic mass is 16.6. The minimum Gasteiger partial charge on any atom is -0.447 e. The second-order valence-corrected chi connectivity index (χ2v) is 10.3. The molecule has 1 aromatic carbocycles. The number of hydrogen-bond acceptors (Lipinski definition) is 3. The molecule has 3 saturated carbocycles. The molecule has 3 aliphatic carbocycles. The van der Waals surface area contributed by atoms with E-state index in [2.05, 4.69) is 41.4 Å². The van der Waals surface area contributed by atoms with Crippen molar-refractivity contribution in [3.63, 3.8) is 0 Å². The summed E-state index contributed by atoms with van der Waals surface area (Å²) in [6.07, 6.45) is 6.04. The molecular formula is C23H28N2O3. The van der Waals surface area contributed by atoms with Gasteiger partial charge in [0.2, 0.25) is 5.91 Å². The quantitative estimate of drug-likeness (QED) is 0.877. The molecule has 5 aliphatic rings. The number of carbonyl (C=O) groups excluding carboxylic acids is 2. The molecule has 28 heavy (non-hydrogen) atoms. The molecule has 1 aromatic rings. The number of cyclic esters (lactones) is 1. The van der Waals surface area contributed by atoms with Gasteiger partial charge in [-0.2, -0.15) is 0 Å². The van der Waals surface area contributed by atoms with Gasteiger partial charge >= 0.3 is 6.09 Å². The minimum atomic E-state index is -0.340. The lowest BCUT2D eigenvalue weighted by Gasteiger charge is -2.44. The van der Waals surface area contributed by atoms with Crippen LogP contribution in [-0.4, -0.2) is 42.1 Å². The zero-order valence-electron chi connectivity index (χ0n) is 16.5. The van der Waals surface area contributed by atoms with Gasteiger partial charge in [-0.25, -0.2) is 4.79 Å². The Morgan fingerprint density at radius 3 is 2.43 bits per heavy atom. The SMILES string of the molecule is CC1(c2ccc(C34CCN(C(=O)C5CC6(COC(=O)N6)C5)CC3C4)cc2)CC1. The number of alkyl carbamates (subject to hydrolysis) is 1. The van der Waals surface area contributed by atoms with Crippen LogP contribution in [0.25, 0.3) is 0 Å². The largest absolute Gasteiger partial charge is 0.447 e. The molecule has 6 rings (SSSR count). The van der Waals surface area contributed by atoms with E-state index in [4.69, 9.17) is 4.74 Å². The molecule has 0 radical (unpaired) electrons. The molecule has 2 aliphatic heterocycles. The van der Waals surface area contributed by atoms with Gasteiger partial charge < -0.3 is 15.0 Å². The molecule has 1 spiro atoms. The third kappa shape index (κ3) is 2.37. The highest BCUT2D eigenvalue weighted by molar-refractivity contribution is 5.82. The Balaban J connectivity index is 1.09. The number of likely N-dealkylation sites (tertiary alicyclic amines) is 1. The normalized spacial score (nSPS) is 39.6. The number of ether oxygens (including phenoxy) is 1. The summed E-state index contributed by atoms with van der Waals surface area (Å²) in [7, 11) is 0. The molecule has 2 atom stereocenters. The predicted molar refractivity (Wildman–Crippen MR) is 104 cm³/mol. The van der Waals surface area contributed by atoms with Crippen LogP contribution in [0.3, 0.4) is 0 Å². The van der Waals surface area contributed by atoms with Gasteiger partial charge in [0.25, 0.3) is 0 Å². The van der Waals surface area contributed by atoms with Gasteiger partial charge in [-0.1, -0.05) is 31.2 Å². The number of rotatable bonds is 3. The third-order valence-corrected chi connectivity index (χ3v) is 8.44. The van der Waals surface area contributed by atoms with Gasteiger partial charge in [-0.05, 0) is 61.0 Å². The fraction of sp³-hybridized carbons (Fsp3) is 0.652. The number of benzene rings is 1. The average Bonchev–Trinajstić information content (AvgIpc) is 3.56. The van der Waals surface area contributed by atoms with Crippen molar-refractivity contribution in [2.45, 2.75) is 61.8 Å². The Morgan fingerprint density at radius 2 is 1.82 bits per heavy atom. The maximum Gasteiger partial charge on any atom is 0.407 e. The van der Waals surface area contributed by atoms with E-state index >= 15 is 0 Å². The van der Waals surface area contributed by atoms with E-state index in [-0.39, 0.29) is 23.5 Å². The molecule has 148 valence electrons. The second kappa shape index (κ2) is 5.31. The topological polar surface area (TPSA) is 58.6 Å². The van der Waals surface area contributed by atoms with Crippen LogP contribution in [0.4, 0.5) is 4.79 Å². The summed E-state index contributed by atoms with van der Waals surface area (Å²) in [5.74, 6) is 0.937. The monoisotopic (exact) mass is 380 g/mol. The summed E-state index contributed by atoms with van der Waals surface area (Å²) < 4.78 is 5.03. The summed E-state index contributed by atoms with van der Waals surface area (Å²) in [5, 5.41) is 2.89. The van der Waals surface area contributed by atoms with Crippen LogP contribution < -0.4 is 5.32 Å². The fourth-order valence-electron chi connectivity index (χ4n) is 6.03. The Morgan fingerprint density at radius 1 is 1.11 bits per heavy atom. The van der Waals surface area contributed by atoms with Crippen LogP contribution in [0.2, 0.25) is 0 Å². The van der Waals surface area contributed by atoms with Crippen molar-refractivity contribution in [1.82, 2.24) is 10.2 Å². The highest BCUT2D eigenvalue weighted by Crippen LogP contribution is 2.60. The van der Waals surface area contributed by atoms with Crippen LogP contribution in [0.15, 0.2) is 24.3 Å². The number of fused-ring (bicyclic) bond motifs is 1. The highest BCUT2D eigenvalue weighted by Gasteiger charge is 2.59. The van der Waals surface area contributed by atoms with Gasteiger partial charge in [0.1, 0.15) is 6.61 Å². The molecule has 5 heteroatoms. The number of amides is 2. The maximum atomic E-state index is 12.9. The number of piperidine rings is 1. The van der Waals surface area contributed by atoms with Gasteiger partial charge in [0.15, 0.2) is 0 Å². The molecule has 5 nitrogen and oxygen atoms in total. The lowest BCUT2D eigenvalue weighted by atomic mass is 9.68. The summed E-state index contributed by atoms with van der Waals surface area (Å²) in [4.78, 5) is 26.3.